The largest absolute Gasteiger partial charge is 0.490 e. The Morgan fingerprint density at radius 3 is 2.75 bits per heavy atom. The molecule has 0 unspecified atom stereocenters. The number of pyridine rings is 2. The molecule has 104 valence electrons. The molecule has 0 radical (unpaired) electrons. The van der Waals surface area contributed by atoms with E-state index in [9.17, 15) is 0 Å². The highest BCUT2D eigenvalue weighted by Gasteiger charge is 2.17. The Morgan fingerprint density at radius 1 is 1.35 bits per heavy atom. The molecule has 0 spiro atoms. The Hall–Kier alpha value is -2.12. The fraction of sp³-hybridized carbons (Fsp3) is 0.231. The van der Waals surface area contributed by atoms with E-state index in [2.05, 4.69) is 9.97 Å². The van der Waals surface area contributed by atoms with Gasteiger partial charge in [0.05, 0.1) is 5.69 Å². The third-order valence-electron chi connectivity index (χ3n) is 2.83. The van der Waals surface area contributed by atoms with Crippen LogP contribution in [0.4, 0.5) is 5.82 Å². The second-order valence-corrected chi connectivity index (χ2v) is 4.49. The van der Waals surface area contributed by atoms with Gasteiger partial charge in [-0.05, 0) is 32.0 Å². The summed E-state index contributed by atoms with van der Waals surface area (Å²) in [6.07, 6.45) is 0.965. The van der Waals surface area contributed by atoms with Crippen LogP contribution in [0.3, 0.4) is 0 Å². The van der Waals surface area contributed by atoms with Crippen LogP contribution < -0.4 is 15.9 Å². The topological polar surface area (TPSA) is 101 Å². The molecule has 1 atom stereocenters. The van der Waals surface area contributed by atoms with E-state index in [1.54, 1.807) is 0 Å². The number of nitrogen functional groups attached to an aromatic ring is 1. The highest BCUT2D eigenvalue weighted by Crippen LogP contribution is 2.23. The lowest BCUT2D eigenvalue weighted by atomic mass is 9.81. The molecule has 0 aromatic carbocycles. The van der Waals surface area contributed by atoms with Crippen molar-refractivity contribution in [3.63, 3.8) is 0 Å². The summed E-state index contributed by atoms with van der Waals surface area (Å²) in [5, 5.41) is 18.3. The number of rotatable bonds is 4. The van der Waals surface area contributed by atoms with Crippen LogP contribution in [0.2, 0.25) is 0 Å². The lowest BCUT2D eigenvalue weighted by Gasteiger charge is -2.16. The van der Waals surface area contributed by atoms with Crippen LogP contribution in [0, 0.1) is 6.92 Å². The molecule has 2 rings (SSSR count). The number of hydrogen-bond acceptors (Lipinski definition) is 6. The summed E-state index contributed by atoms with van der Waals surface area (Å²) in [4.78, 5) is 8.25. The number of ether oxygens (including phenoxy) is 1. The molecule has 0 amide bonds. The number of aromatic nitrogens is 2. The molecule has 0 saturated carbocycles. The number of nitrogens with zero attached hydrogens (tertiary/aromatic N) is 2. The van der Waals surface area contributed by atoms with Crippen LogP contribution in [-0.2, 0) is 0 Å². The van der Waals surface area contributed by atoms with Crippen molar-refractivity contribution in [2.24, 2.45) is 0 Å². The predicted octanol–water partition coefficient (Wildman–Crippen LogP) is 0.187. The van der Waals surface area contributed by atoms with Gasteiger partial charge in [0.2, 0.25) is 0 Å². The third kappa shape index (κ3) is 3.25. The first kappa shape index (κ1) is 14.3. The maximum atomic E-state index is 9.13. The van der Waals surface area contributed by atoms with Crippen LogP contribution in [0.15, 0.2) is 30.5 Å². The Balaban J connectivity index is 2.23. The van der Waals surface area contributed by atoms with Crippen molar-refractivity contribution in [3.05, 3.63) is 41.9 Å². The van der Waals surface area contributed by atoms with Gasteiger partial charge in [-0.1, -0.05) is 6.07 Å². The molecule has 0 aliphatic rings. The van der Waals surface area contributed by atoms with Gasteiger partial charge in [-0.25, -0.2) is 4.98 Å². The van der Waals surface area contributed by atoms with Crippen molar-refractivity contribution in [1.82, 2.24) is 9.97 Å². The third-order valence-corrected chi connectivity index (χ3v) is 2.83. The van der Waals surface area contributed by atoms with Gasteiger partial charge in [-0.15, -0.1) is 0 Å². The summed E-state index contributed by atoms with van der Waals surface area (Å²) in [5.74, 6) is 0.486. The van der Waals surface area contributed by atoms with Crippen molar-refractivity contribution in [2.75, 3.05) is 5.73 Å². The molecule has 2 aromatic heterocycles. The van der Waals surface area contributed by atoms with Gasteiger partial charge >= 0.3 is 7.12 Å². The number of aryl methyl sites for hydroxylation is 1. The SMILES string of the molecule is Cc1cccc([C@@H](C)Oc2cc(B(O)O)cnc2N)n1. The molecule has 4 N–H and O–H groups in total. The lowest BCUT2D eigenvalue weighted by molar-refractivity contribution is 0.222. The summed E-state index contributed by atoms with van der Waals surface area (Å²) in [7, 11) is -1.61. The van der Waals surface area contributed by atoms with E-state index in [-0.39, 0.29) is 17.4 Å². The number of hydrogen-bond donors (Lipinski definition) is 3. The van der Waals surface area contributed by atoms with Crippen molar-refractivity contribution < 1.29 is 14.8 Å². The standard InChI is InChI=1S/C13H16BN3O3/c1-8-4-3-5-11(17-8)9(2)20-12-6-10(14(18)19)7-16-13(12)15/h3-7,9,18-19H,1-2H3,(H2,15,16)/t9-/m1/s1. The quantitative estimate of drug-likeness (QED) is 0.687. The highest BCUT2D eigenvalue weighted by atomic mass is 16.5. The summed E-state index contributed by atoms with van der Waals surface area (Å²) < 4.78 is 5.70. The number of nitrogens with two attached hydrogens (primary N) is 1. The van der Waals surface area contributed by atoms with E-state index in [0.717, 1.165) is 11.4 Å². The van der Waals surface area contributed by atoms with Crippen molar-refractivity contribution >= 4 is 18.4 Å². The Morgan fingerprint density at radius 2 is 2.10 bits per heavy atom. The molecule has 0 aliphatic carbocycles. The highest BCUT2D eigenvalue weighted by molar-refractivity contribution is 6.58. The van der Waals surface area contributed by atoms with Crippen molar-refractivity contribution in [1.29, 1.82) is 0 Å². The summed E-state index contributed by atoms with van der Waals surface area (Å²) in [6.45, 7) is 3.73. The fourth-order valence-electron chi connectivity index (χ4n) is 1.75. The fourth-order valence-corrected chi connectivity index (χ4v) is 1.75. The van der Waals surface area contributed by atoms with E-state index in [4.69, 9.17) is 20.5 Å². The van der Waals surface area contributed by atoms with Crippen LogP contribution in [0.5, 0.6) is 5.75 Å². The first-order chi connectivity index (χ1) is 9.47. The summed E-state index contributed by atoms with van der Waals surface area (Å²) in [6, 6.07) is 7.10. The molecule has 0 saturated heterocycles. The summed E-state index contributed by atoms with van der Waals surface area (Å²) >= 11 is 0. The Kier molecular flexibility index (Phi) is 4.21. The maximum Gasteiger partial charge on any atom is 0.490 e. The van der Waals surface area contributed by atoms with Gasteiger partial charge in [-0.2, -0.15) is 0 Å². The molecule has 20 heavy (non-hydrogen) atoms. The van der Waals surface area contributed by atoms with Crippen LogP contribution >= 0.6 is 0 Å². The molecule has 6 nitrogen and oxygen atoms in total. The van der Waals surface area contributed by atoms with E-state index in [0.29, 0.717) is 5.75 Å². The molecule has 2 heterocycles. The van der Waals surface area contributed by atoms with Crippen molar-refractivity contribution in [2.45, 2.75) is 20.0 Å². The van der Waals surface area contributed by atoms with Gasteiger partial charge in [0.15, 0.2) is 11.6 Å². The Labute approximate surface area is 117 Å². The van der Waals surface area contributed by atoms with E-state index >= 15 is 0 Å². The maximum absolute atomic E-state index is 9.13. The predicted molar refractivity (Wildman–Crippen MR) is 76.5 cm³/mol. The molecule has 0 aliphatic heterocycles. The molecular weight excluding hydrogens is 257 g/mol. The average Bonchev–Trinajstić information content (AvgIpc) is 2.41. The Bertz CT molecular complexity index is 607. The van der Waals surface area contributed by atoms with E-state index in [1.807, 2.05) is 32.0 Å². The smallest absolute Gasteiger partial charge is 0.481 e. The summed E-state index contributed by atoms with van der Waals surface area (Å²) in [5.41, 5.74) is 7.60. The second kappa shape index (κ2) is 5.89. The van der Waals surface area contributed by atoms with Gasteiger partial charge < -0.3 is 20.5 Å². The number of anilines is 1. The van der Waals surface area contributed by atoms with Crippen LogP contribution in [0.1, 0.15) is 24.4 Å². The lowest BCUT2D eigenvalue weighted by Crippen LogP contribution is -2.30. The average molecular weight is 273 g/mol. The minimum atomic E-state index is -1.61. The van der Waals surface area contributed by atoms with Gasteiger partial charge in [0.25, 0.3) is 0 Å². The molecule has 2 aromatic rings. The van der Waals surface area contributed by atoms with Gasteiger partial charge in [0, 0.05) is 17.4 Å². The van der Waals surface area contributed by atoms with Gasteiger partial charge in [0.1, 0.15) is 6.10 Å². The minimum Gasteiger partial charge on any atom is -0.481 e. The monoisotopic (exact) mass is 273 g/mol. The minimum absolute atomic E-state index is 0.189. The first-order valence-electron chi connectivity index (χ1n) is 6.19. The molecule has 0 bridgehead atoms. The van der Waals surface area contributed by atoms with E-state index in [1.165, 1.54) is 12.3 Å². The zero-order valence-electron chi connectivity index (χ0n) is 11.3. The molecular formula is C13H16BN3O3. The first-order valence-corrected chi connectivity index (χ1v) is 6.19. The van der Waals surface area contributed by atoms with Gasteiger partial charge in [-0.3, -0.25) is 4.98 Å². The zero-order valence-corrected chi connectivity index (χ0v) is 11.3. The van der Waals surface area contributed by atoms with E-state index < -0.39 is 7.12 Å². The van der Waals surface area contributed by atoms with Crippen molar-refractivity contribution in [3.8, 4) is 5.75 Å². The second-order valence-electron chi connectivity index (χ2n) is 4.49. The molecule has 7 heteroatoms. The van der Waals surface area contributed by atoms with Crippen LogP contribution in [-0.4, -0.2) is 27.1 Å². The normalized spacial score (nSPS) is 12.0. The van der Waals surface area contributed by atoms with Crippen LogP contribution in [0.25, 0.3) is 0 Å². The zero-order chi connectivity index (χ0) is 14.7. The molecule has 0 fully saturated rings.